The van der Waals surface area contributed by atoms with Crippen molar-refractivity contribution >= 4 is 11.8 Å². The molecule has 0 radical (unpaired) electrons. The Kier molecular flexibility index (Phi) is 4.97. The van der Waals surface area contributed by atoms with Gasteiger partial charge in [-0.05, 0) is 37.0 Å². The van der Waals surface area contributed by atoms with Gasteiger partial charge in [-0.2, -0.15) is 0 Å². The third-order valence-corrected chi connectivity index (χ3v) is 5.78. The SMILES string of the molecule is Cc1cccc([C@H]2CCCN(C(=O)CCN3Cc4ccccc4C3=O)C2)c1. The van der Waals surface area contributed by atoms with Crippen molar-refractivity contribution in [2.45, 2.75) is 38.6 Å². The van der Waals surface area contributed by atoms with E-state index in [0.29, 0.717) is 25.4 Å². The summed E-state index contributed by atoms with van der Waals surface area (Å²) < 4.78 is 0. The van der Waals surface area contributed by atoms with Gasteiger partial charge in [0.2, 0.25) is 5.91 Å². The molecule has 1 saturated heterocycles. The highest BCUT2D eigenvalue weighted by Gasteiger charge is 2.29. The topological polar surface area (TPSA) is 40.6 Å². The van der Waals surface area contributed by atoms with Crippen molar-refractivity contribution in [3.05, 3.63) is 70.8 Å². The van der Waals surface area contributed by atoms with Crippen LogP contribution < -0.4 is 0 Å². The molecule has 0 aliphatic carbocycles. The first-order chi connectivity index (χ1) is 13.1. The Labute approximate surface area is 160 Å². The van der Waals surface area contributed by atoms with Crippen LogP contribution in [-0.4, -0.2) is 41.2 Å². The molecule has 0 saturated carbocycles. The lowest BCUT2D eigenvalue weighted by atomic mass is 9.89. The van der Waals surface area contributed by atoms with Crippen molar-refractivity contribution in [2.75, 3.05) is 19.6 Å². The van der Waals surface area contributed by atoms with Gasteiger partial charge in [0.15, 0.2) is 0 Å². The smallest absolute Gasteiger partial charge is 0.254 e. The largest absolute Gasteiger partial charge is 0.342 e. The van der Waals surface area contributed by atoms with Crippen LogP contribution in [0.2, 0.25) is 0 Å². The van der Waals surface area contributed by atoms with Crippen LogP contribution in [0.1, 0.15) is 52.2 Å². The average Bonchev–Trinajstić information content (AvgIpc) is 3.02. The van der Waals surface area contributed by atoms with Crippen molar-refractivity contribution in [3.63, 3.8) is 0 Å². The lowest BCUT2D eigenvalue weighted by molar-refractivity contribution is -0.132. The first-order valence-electron chi connectivity index (χ1n) is 9.83. The third-order valence-electron chi connectivity index (χ3n) is 5.78. The molecule has 2 aromatic carbocycles. The van der Waals surface area contributed by atoms with Gasteiger partial charge in [-0.25, -0.2) is 0 Å². The second kappa shape index (κ2) is 7.55. The van der Waals surface area contributed by atoms with Gasteiger partial charge in [0.25, 0.3) is 5.91 Å². The van der Waals surface area contributed by atoms with Crippen molar-refractivity contribution in [1.82, 2.24) is 9.80 Å². The molecule has 2 heterocycles. The molecule has 1 fully saturated rings. The number of amides is 2. The minimum absolute atomic E-state index is 0.0506. The highest BCUT2D eigenvalue weighted by molar-refractivity contribution is 5.98. The molecule has 0 bridgehead atoms. The molecule has 2 aromatic rings. The van der Waals surface area contributed by atoms with Crippen LogP contribution in [0.3, 0.4) is 0 Å². The number of benzene rings is 2. The number of fused-ring (bicyclic) bond motifs is 1. The first-order valence-corrected chi connectivity index (χ1v) is 9.83. The number of carbonyl (C=O) groups excluding carboxylic acids is 2. The molecule has 4 rings (SSSR count). The number of rotatable bonds is 4. The van der Waals surface area contributed by atoms with Crippen LogP contribution >= 0.6 is 0 Å². The fraction of sp³-hybridized carbons (Fsp3) is 0.391. The fourth-order valence-corrected chi connectivity index (χ4v) is 4.28. The van der Waals surface area contributed by atoms with Gasteiger partial charge in [0.05, 0.1) is 0 Å². The lowest BCUT2D eigenvalue weighted by Crippen LogP contribution is -2.40. The van der Waals surface area contributed by atoms with E-state index >= 15 is 0 Å². The Bertz CT molecular complexity index is 861. The molecule has 140 valence electrons. The van der Waals surface area contributed by atoms with Crippen LogP contribution in [0.5, 0.6) is 0 Å². The minimum atomic E-state index is 0.0506. The molecule has 0 aromatic heterocycles. The number of hydrogen-bond donors (Lipinski definition) is 0. The monoisotopic (exact) mass is 362 g/mol. The predicted molar refractivity (Wildman–Crippen MR) is 106 cm³/mol. The number of nitrogens with zero attached hydrogens (tertiary/aromatic N) is 2. The van der Waals surface area contributed by atoms with Crippen molar-refractivity contribution < 1.29 is 9.59 Å². The summed E-state index contributed by atoms with van der Waals surface area (Å²) in [6.45, 7) is 4.85. The van der Waals surface area contributed by atoms with Crippen molar-refractivity contribution in [1.29, 1.82) is 0 Å². The van der Waals surface area contributed by atoms with E-state index in [0.717, 1.165) is 37.1 Å². The van der Waals surface area contributed by atoms with E-state index in [1.54, 1.807) is 4.90 Å². The second-order valence-corrected chi connectivity index (χ2v) is 7.73. The summed E-state index contributed by atoms with van der Waals surface area (Å²) >= 11 is 0. The number of hydrogen-bond acceptors (Lipinski definition) is 2. The van der Waals surface area contributed by atoms with Gasteiger partial charge in [-0.3, -0.25) is 9.59 Å². The molecule has 27 heavy (non-hydrogen) atoms. The molecule has 4 heteroatoms. The zero-order valence-electron chi connectivity index (χ0n) is 15.9. The quantitative estimate of drug-likeness (QED) is 0.831. The number of carbonyl (C=O) groups is 2. The lowest BCUT2D eigenvalue weighted by Gasteiger charge is -2.33. The Morgan fingerprint density at radius 1 is 1.15 bits per heavy atom. The van der Waals surface area contributed by atoms with E-state index in [4.69, 9.17) is 0 Å². The maximum absolute atomic E-state index is 12.8. The second-order valence-electron chi connectivity index (χ2n) is 7.73. The zero-order chi connectivity index (χ0) is 18.8. The van der Waals surface area contributed by atoms with Crippen molar-refractivity contribution in [3.8, 4) is 0 Å². The third kappa shape index (κ3) is 3.75. The Hall–Kier alpha value is -2.62. The molecule has 4 nitrogen and oxygen atoms in total. The molecule has 0 spiro atoms. The van der Waals surface area contributed by atoms with E-state index in [9.17, 15) is 9.59 Å². The van der Waals surface area contributed by atoms with E-state index in [2.05, 4.69) is 31.2 Å². The summed E-state index contributed by atoms with van der Waals surface area (Å²) in [6, 6.07) is 16.3. The van der Waals surface area contributed by atoms with Gasteiger partial charge in [-0.15, -0.1) is 0 Å². The predicted octanol–water partition coefficient (Wildman–Crippen LogP) is 3.75. The van der Waals surface area contributed by atoms with Crippen molar-refractivity contribution in [2.24, 2.45) is 0 Å². The van der Waals surface area contributed by atoms with Crippen LogP contribution in [0.15, 0.2) is 48.5 Å². The fourth-order valence-electron chi connectivity index (χ4n) is 4.28. The van der Waals surface area contributed by atoms with Gasteiger partial charge in [0, 0.05) is 44.1 Å². The molecule has 2 amide bonds. The molecule has 1 atom stereocenters. The summed E-state index contributed by atoms with van der Waals surface area (Å²) in [5.41, 5.74) is 4.44. The van der Waals surface area contributed by atoms with Crippen LogP contribution in [0.25, 0.3) is 0 Å². The number of piperidine rings is 1. The summed E-state index contributed by atoms with van der Waals surface area (Å²) in [4.78, 5) is 29.0. The summed E-state index contributed by atoms with van der Waals surface area (Å²) in [6.07, 6.45) is 2.58. The van der Waals surface area contributed by atoms with Crippen LogP contribution in [0.4, 0.5) is 0 Å². The molecular formula is C23H26N2O2. The molecule has 0 unspecified atom stereocenters. The number of aryl methyl sites for hydroxylation is 1. The van der Waals surface area contributed by atoms with E-state index in [-0.39, 0.29) is 11.8 Å². The molecule has 0 N–H and O–H groups in total. The van der Waals surface area contributed by atoms with E-state index in [1.165, 1.54) is 11.1 Å². The molecular weight excluding hydrogens is 336 g/mol. The minimum Gasteiger partial charge on any atom is -0.342 e. The normalized spacial score (nSPS) is 19.3. The highest BCUT2D eigenvalue weighted by Crippen LogP contribution is 2.28. The summed E-state index contributed by atoms with van der Waals surface area (Å²) in [5, 5.41) is 0. The summed E-state index contributed by atoms with van der Waals surface area (Å²) in [5.74, 6) is 0.631. The van der Waals surface area contributed by atoms with E-state index in [1.807, 2.05) is 29.2 Å². The molecule has 2 aliphatic heterocycles. The Morgan fingerprint density at radius 2 is 2.00 bits per heavy atom. The van der Waals surface area contributed by atoms with Gasteiger partial charge >= 0.3 is 0 Å². The Morgan fingerprint density at radius 3 is 2.81 bits per heavy atom. The molecule has 2 aliphatic rings. The standard InChI is InChI=1S/C23H26N2O2/c1-17-6-4-8-18(14-17)19-9-5-12-24(15-19)22(26)11-13-25-16-20-7-2-3-10-21(20)23(25)27/h2-4,6-8,10,14,19H,5,9,11-13,15-16H2,1H3/t19-/m0/s1. The first kappa shape index (κ1) is 17.8. The van der Waals surface area contributed by atoms with E-state index < -0.39 is 0 Å². The van der Waals surface area contributed by atoms with Crippen LogP contribution in [-0.2, 0) is 11.3 Å². The Balaban J connectivity index is 1.34. The van der Waals surface area contributed by atoms with Gasteiger partial charge < -0.3 is 9.80 Å². The maximum Gasteiger partial charge on any atom is 0.254 e. The van der Waals surface area contributed by atoms with Gasteiger partial charge in [0.1, 0.15) is 0 Å². The zero-order valence-corrected chi connectivity index (χ0v) is 15.9. The highest BCUT2D eigenvalue weighted by atomic mass is 16.2. The van der Waals surface area contributed by atoms with Gasteiger partial charge in [-0.1, -0.05) is 48.0 Å². The maximum atomic E-state index is 12.8. The van der Waals surface area contributed by atoms with Crippen LogP contribution in [0, 0.1) is 6.92 Å². The average molecular weight is 362 g/mol. The number of likely N-dealkylation sites (tertiary alicyclic amines) is 1. The summed E-state index contributed by atoms with van der Waals surface area (Å²) in [7, 11) is 0.